The zero-order valence-corrected chi connectivity index (χ0v) is 15.7. The molecule has 2 aromatic carbocycles. The molecule has 3 rings (SSSR count). The number of sulfonamides is 1. The van der Waals surface area contributed by atoms with Crippen molar-refractivity contribution in [2.75, 3.05) is 19.6 Å². The van der Waals surface area contributed by atoms with Crippen molar-refractivity contribution in [2.24, 2.45) is 5.92 Å². The van der Waals surface area contributed by atoms with E-state index >= 15 is 0 Å². The van der Waals surface area contributed by atoms with Crippen LogP contribution in [0.15, 0.2) is 47.4 Å². The van der Waals surface area contributed by atoms with Crippen molar-refractivity contribution in [3.8, 4) is 0 Å². The maximum absolute atomic E-state index is 12.4. The number of piperidine rings is 1. The Morgan fingerprint density at radius 3 is 2.73 bits per heavy atom. The number of amides is 1. The van der Waals surface area contributed by atoms with E-state index in [0.717, 1.165) is 30.3 Å². The third-order valence-corrected chi connectivity index (χ3v) is 6.31. The van der Waals surface area contributed by atoms with E-state index in [4.69, 9.17) is 0 Å². The molecule has 1 aliphatic heterocycles. The zero-order valence-electron chi connectivity index (χ0n) is 14.9. The van der Waals surface area contributed by atoms with Crippen LogP contribution in [0.3, 0.4) is 0 Å². The average molecular weight is 375 g/mol. The van der Waals surface area contributed by atoms with Gasteiger partial charge in [-0.1, -0.05) is 37.3 Å². The summed E-state index contributed by atoms with van der Waals surface area (Å²) in [6.45, 7) is 3.93. The lowest BCUT2D eigenvalue weighted by atomic mass is 9.95. The Labute approximate surface area is 154 Å². The van der Waals surface area contributed by atoms with Gasteiger partial charge in [-0.15, -0.1) is 0 Å². The Balaban J connectivity index is 1.55. The lowest BCUT2D eigenvalue weighted by molar-refractivity contribution is -0.122. The minimum atomic E-state index is -3.63. The minimum absolute atomic E-state index is 0.0789. The predicted octanol–water partition coefficient (Wildman–Crippen LogP) is 1.62. The van der Waals surface area contributed by atoms with Crippen molar-refractivity contribution < 1.29 is 13.2 Å². The second kappa shape index (κ2) is 8.16. The summed E-state index contributed by atoms with van der Waals surface area (Å²) in [4.78, 5) is 12.3. The minimum Gasteiger partial charge on any atom is -0.352 e. The molecular weight excluding hydrogens is 350 g/mol. The number of fused-ring (bicyclic) bond motifs is 1. The maximum atomic E-state index is 12.4. The quantitative estimate of drug-likeness (QED) is 0.716. The fraction of sp³-hybridized carbons (Fsp3) is 0.421. The van der Waals surface area contributed by atoms with Crippen molar-refractivity contribution in [1.82, 2.24) is 15.4 Å². The highest BCUT2D eigenvalue weighted by atomic mass is 32.2. The number of hydrogen-bond acceptors (Lipinski definition) is 4. The highest BCUT2D eigenvalue weighted by molar-refractivity contribution is 7.89. The molecule has 6 nitrogen and oxygen atoms in total. The van der Waals surface area contributed by atoms with Crippen molar-refractivity contribution in [2.45, 2.75) is 30.7 Å². The summed E-state index contributed by atoms with van der Waals surface area (Å²) >= 11 is 0. The standard InChI is InChI=1S/C19H25N3O3S/c1-14-8-10-20-13-18(14)22-19(23)9-11-21-26(24,25)17-7-6-15-4-2-3-5-16(15)12-17/h2-7,12,14,18,20-21H,8-11,13H2,1H3,(H,22,23). The van der Waals surface area contributed by atoms with E-state index in [1.165, 1.54) is 0 Å². The summed E-state index contributed by atoms with van der Waals surface area (Å²) in [5, 5.41) is 8.10. The molecule has 2 unspecified atom stereocenters. The third-order valence-electron chi connectivity index (χ3n) is 4.85. The molecule has 2 atom stereocenters. The smallest absolute Gasteiger partial charge is 0.240 e. The van der Waals surface area contributed by atoms with Crippen LogP contribution < -0.4 is 15.4 Å². The van der Waals surface area contributed by atoms with E-state index in [-0.39, 0.29) is 29.8 Å². The van der Waals surface area contributed by atoms with E-state index < -0.39 is 10.0 Å². The lowest BCUT2D eigenvalue weighted by Crippen LogP contribution is -2.50. The second-order valence-corrected chi connectivity index (χ2v) is 8.57. The van der Waals surface area contributed by atoms with Crippen LogP contribution in [0, 0.1) is 5.92 Å². The molecule has 0 bridgehead atoms. The van der Waals surface area contributed by atoms with Crippen LogP contribution in [0.5, 0.6) is 0 Å². The molecule has 0 radical (unpaired) electrons. The fourth-order valence-electron chi connectivity index (χ4n) is 3.18. The second-order valence-electron chi connectivity index (χ2n) is 6.80. The van der Waals surface area contributed by atoms with Gasteiger partial charge in [0.05, 0.1) is 4.90 Å². The molecule has 0 aromatic heterocycles. The van der Waals surface area contributed by atoms with Gasteiger partial charge in [-0.05, 0) is 41.8 Å². The van der Waals surface area contributed by atoms with Crippen LogP contribution in [0.25, 0.3) is 10.8 Å². The predicted molar refractivity (Wildman–Crippen MR) is 102 cm³/mol. The Bertz CT molecular complexity index is 882. The molecule has 1 amide bonds. The van der Waals surface area contributed by atoms with Gasteiger partial charge < -0.3 is 10.6 Å². The Kier molecular flexibility index (Phi) is 5.90. The number of carbonyl (C=O) groups is 1. The van der Waals surface area contributed by atoms with Crippen molar-refractivity contribution in [3.63, 3.8) is 0 Å². The van der Waals surface area contributed by atoms with Gasteiger partial charge in [0.2, 0.25) is 15.9 Å². The molecule has 1 aliphatic rings. The van der Waals surface area contributed by atoms with Crippen LogP contribution in [0.1, 0.15) is 19.8 Å². The number of nitrogens with one attached hydrogen (secondary N) is 3. The zero-order chi connectivity index (χ0) is 18.6. The molecule has 0 aliphatic carbocycles. The van der Waals surface area contributed by atoms with E-state index in [1.54, 1.807) is 18.2 Å². The van der Waals surface area contributed by atoms with Gasteiger partial charge in [0, 0.05) is 25.6 Å². The highest BCUT2D eigenvalue weighted by Gasteiger charge is 2.22. The van der Waals surface area contributed by atoms with Gasteiger partial charge in [-0.2, -0.15) is 0 Å². The van der Waals surface area contributed by atoms with Crippen LogP contribution in [-0.2, 0) is 14.8 Å². The maximum Gasteiger partial charge on any atom is 0.240 e. The Morgan fingerprint density at radius 1 is 1.19 bits per heavy atom. The van der Waals surface area contributed by atoms with Crippen molar-refractivity contribution in [3.05, 3.63) is 42.5 Å². The lowest BCUT2D eigenvalue weighted by Gasteiger charge is -2.30. The molecule has 7 heteroatoms. The van der Waals surface area contributed by atoms with Gasteiger partial charge in [0.15, 0.2) is 0 Å². The van der Waals surface area contributed by atoms with E-state index in [0.29, 0.717) is 5.92 Å². The first-order chi connectivity index (χ1) is 12.5. The largest absolute Gasteiger partial charge is 0.352 e. The Hall–Kier alpha value is -1.96. The van der Waals surface area contributed by atoms with Gasteiger partial charge in [0.1, 0.15) is 0 Å². The van der Waals surface area contributed by atoms with E-state index in [1.807, 2.05) is 24.3 Å². The molecule has 26 heavy (non-hydrogen) atoms. The summed E-state index contributed by atoms with van der Waals surface area (Å²) in [5.41, 5.74) is 0. The number of rotatable bonds is 6. The van der Waals surface area contributed by atoms with E-state index in [2.05, 4.69) is 22.3 Å². The van der Waals surface area contributed by atoms with Crippen LogP contribution >= 0.6 is 0 Å². The summed E-state index contributed by atoms with van der Waals surface area (Å²) in [5.74, 6) is 0.293. The first kappa shape index (κ1) is 18.8. The molecule has 0 spiro atoms. The van der Waals surface area contributed by atoms with Crippen LogP contribution in [0.4, 0.5) is 0 Å². The molecule has 0 saturated carbocycles. The fourth-order valence-corrected chi connectivity index (χ4v) is 4.25. The van der Waals surface area contributed by atoms with Crippen molar-refractivity contribution in [1.29, 1.82) is 0 Å². The SMILES string of the molecule is CC1CCNCC1NC(=O)CCNS(=O)(=O)c1ccc2ccccc2c1. The van der Waals surface area contributed by atoms with Crippen LogP contribution in [0.2, 0.25) is 0 Å². The number of carbonyl (C=O) groups excluding carboxylic acids is 1. The molecule has 1 heterocycles. The summed E-state index contributed by atoms with van der Waals surface area (Å²) in [7, 11) is -3.63. The molecular formula is C19H25N3O3S. The molecule has 3 N–H and O–H groups in total. The van der Waals surface area contributed by atoms with E-state index in [9.17, 15) is 13.2 Å². The van der Waals surface area contributed by atoms with Gasteiger partial charge in [-0.3, -0.25) is 4.79 Å². The summed E-state index contributed by atoms with van der Waals surface area (Å²) in [6.07, 6.45) is 1.15. The molecule has 1 saturated heterocycles. The first-order valence-corrected chi connectivity index (χ1v) is 10.4. The molecule has 1 fully saturated rings. The molecule has 2 aromatic rings. The number of hydrogen-bond donors (Lipinski definition) is 3. The average Bonchev–Trinajstić information content (AvgIpc) is 2.63. The first-order valence-electron chi connectivity index (χ1n) is 8.94. The summed E-state index contributed by atoms with van der Waals surface area (Å²) < 4.78 is 27.4. The summed E-state index contributed by atoms with van der Waals surface area (Å²) in [6, 6.07) is 12.7. The topological polar surface area (TPSA) is 87.3 Å². The Morgan fingerprint density at radius 2 is 1.96 bits per heavy atom. The third kappa shape index (κ3) is 4.60. The van der Waals surface area contributed by atoms with Gasteiger partial charge >= 0.3 is 0 Å². The monoisotopic (exact) mass is 375 g/mol. The highest BCUT2D eigenvalue weighted by Crippen LogP contribution is 2.18. The van der Waals surface area contributed by atoms with Crippen LogP contribution in [-0.4, -0.2) is 40.0 Å². The number of benzene rings is 2. The van der Waals surface area contributed by atoms with Crippen molar-refractivity contribution >= 4 is 26.7 Å². The normalized spacial score (nSPS) is 20.8. The molecule has 140 valence electrons. The van der Waals surface area contributed by atoms with Gasteiger partial charge in [0.25, 0.3) is 0 Å². The van der Waals surface area contributed by atoms with Gasteiger partial charge in [-0.25, -0.2) is 13.1 Å².